The van der Waals surface area contributed by atoms with E-state index in [1.807, 2.05) is 6.26 Å². The summed E-state index contributed by atoms with van der Waals surface area (Å²) in [5.41, 5.74) is 0.711. The summed E-state index contributed by atoms with van der Waals surface area (Å²) in [6, 6.07) is 0. The first-order valence-electron chi connectivity index (χ1n) is 6.64. The predicted octanol–water partition coefficient (Wildman–Crippen LogP) is 3.79. The summed E-state index contributed by atoms with van der Waals surface area (Å²) in [6.07, 6.45) is 15.0. The zero-order valence-corrected chi connectivity index (χ0v) is 11.3. The molecule has 91 valence electrons. The zero-order valence-electron chi connectivity index (χ0n) is 10.3. The van der Waals surface area contributed by atoms with Crippen molar-refractivity contribution in [2.75, 3.05) is 7.11 Å². The Bertz CT molecular complexity index is 218. The van der Waals surface area contributed by atoms with E-state index in [2.05, 4.69) is 6.08 Å². The minimum Gasteiger partial charge on any atom is -0.525 e. The molecule has 2 nitrogen and oxygen atoms in total. The van der Waals surface area contributed by atoms with Crippen LogP contribution in [-0.4, -0.2) is 16.4 Å². The molecule has 0 spiro atoms. The molecule has 2 rings (SSSR count). The van der Waals surface area contributed by atoms with Crippen LogP contribution in [0.3, 0.4) is 0 Å². The van der Waals surface area contributed by atoms with Crippen molar-refractivity contribution in [3.63, 3.8) is 0 Å². The van der Waals surface area contributed by atoms with Crippen LogP contribution in [0, 0.1) is 5.92 Å². The van der Waals surface area contributed by atoms with Crippen molar-refractivity contribution in [2.45, 2.75) is 56.9 Å². The maximum atomic E-state index is 5.84. The second-order valence-electron chi connectivity index (χ2n) is 5.00. The van der Waals surface area contributed by atoms with E-state index in [9.17, 15) is 0 Å². The van der Waals surface area contributed by atoms with Crippen LogP contribution in [0.1, 0.15) is 51.4 Å². The summed E-state index contributed by atoms with van der Waals surface area (Å²) in [6.45, 7) is 0. The standard InChI is InChI=1S/C13H23O2Si/c1-14-16(13-8-4-5-9-13)15-11-10-12-6-2-3-7-12/h10-13H,2-9H2,1H3. The van der Waals surface area contributed by atoms with Gasteiger partial charge in [-0.3, -0.25) is 0 Å². The smallest absolute Gasteiger partial charge is 0.460 e. The van der Waals surface area contributed by atoms with E-state index in [1.165, 1.54) is 51.4 Å². The van der Waals surface area contributed by atoms with E-state index in [0.29, 0.717) is 5.54 Å². The second-order valence-corrected chi connectivity index (χ2v) is 7.09. The van der Waals surface area contributed by atoms with Gasteiger partial charge in [0.2, 0.25) is 0 Å². The van der Waals surface area contributed by atoms with E-state index in [0.717, 1.165) is 5.92 Å². The number of hydrogen-bond donors (Lipinski definition) is 0. The SMILES string of the molecule is CO[Si](OC=CC1CCCC1)C1CCCC1. The van der Waals surface area contributed by atoms with Gasteiger partial charge in [0.15, 0.2) is 0 Å². The van der Waals surface area contributed by atoms with Gasteiger partial charge in [0, 0.05) is 12.7 Å². The Labute approximate surface area is 101 Å². The van der Waals surface area contributed by atoms with Crippen molar-refractivity contribution in [3.8, 4) is 0 Å². The van der Waals surface area contributed by atoms with E-state index < -0.39 is 9.28 Å². The van der Waals surface area contributed by atoms with Crippen LogP contribution < -0.4 is 0 Å². The summed E-state index contributed by atoms with van der Waals surface area (Å²) >= 11 is 0. The minimum atomic E-state index is -1.04. The number of allylic oxidation sites excluding steroid dienone is 1. The molecule has 0 heterocycles. The molecule has 0 aromatic carbocycles. The van der Waals surface area contributed by atoms with Crippen LogP contribution in [0.2, 0.25) is 5.54 Å². The topological polar surface area (TPSA) is 18.5 Å². The fourth-order valence-electron chi connectivity index (χ4n) is 2.84. The average Bonchev–Trinajstić information content (AvgIpc) is 2.96. The second kappa shape index (κ2) is 6.45. The molecule has 3 heteroatoms. The lowest BCUT2D eigenvalue weighted by atomic mass is 10.1. The molecule has 0 aliphatic heterocycles. The quantitative estimate of drug-likeness (QED) is 0.537. The van der Waals surface area contributed by atoms with Crippen LogP contribution in [0.5, 0.6) is 0 Å². The maximum absolute atomic E-state index is 5.84. The van der Waals surface area contributed by atoms with E-state index in [4.69, 9.17) is 8.85 Å². The molecule has 0 N–H and O–H groups in total. The van der Waals surface area contributed by atoms with E-state index in [-0.39, 0.29) is 0 Å². The van der Waals surface area contributed by atoms with E-state index in [1.54, 1.807) is 7.11 Å². The lowest BCUT2D eigenvalue weighted by Gasteiger charge is -2.16. The lowest BCUT2D eigenvalue weighted by molar-refractivity contribution is 0.290. The fraction of sp³-hybridized carbons (Fsp3) is 0.846. The Kier molecular flexibility index (Phi) is 4.91. The molecule has 16 heavy (non-hydrogen) atoms. The first-order chi connectivity index (χ1) is 7.90. The lowest BCUT2D eigenvalue weighted by Crippen LogP contribution is -2.24. The highest BCUT2D eigenvalue weighted by molar-refractivity contribution is 6.46. The maximum Gasteiger partial charge on any atom is 0.460 e. The largest absolute Gasteiger partial charge is 0.525 e. The Morgan fingerprint density at radius 3 is 2.25 bits per heavy atom. The van der Waals surface area contributed by atoms with Gasteiger partial charge >= 0.3 is 9.28 Å². The van der Waals surface area contributed by atoms with Crippen molar-refractivity contribution in [1.29, 1.82) is 0 Å². The Morgan fingerprint density at radius 2 is 1.62 bits per heavy atom. The van der Waals surface area contributed by atoms with Gasteiger partial charge in [-0.05, 0) is 37.7 Å². The van der Waals surface area contributed by atoms with Gasteiger partial charge in [-0.1, -0.05) is 25.7 Å². The van der Waals surface area contributed by atoms with Crippen LogP contribution in [0.15, 0.2) is 12.3 Å². The molecule has 0 aromatic rings. The summed E-state index contributed by atoms with van der Waals surface area (Å²) in [7, 11) is 0.762. The molecule has 0 bridgehead atoms. The Morgan fingerprint density at radius 1 is 1.00 bits per heavy atom. The molecular formula is C13H23O2Si. The zero-order chi connectivity index (χ0) is 11.2. The number of rotatable bonds is 5. The molecule has 2 aliphatic rings. The molecule has 0 saturated heterocycles. The van der Waals surface area contributed by atoms with Crippen LogP contribution in [-0.2, 0) is 8.85 Å². The summed E-state index contributed by atoms with van der Waals surface area (Å²) in [4.78, 5) is 0. The first kappa shape index (κ1) is 12.2. The average molecular weight is 239 g/mol. The highest BCUT2D eigenvalue weighted by Gasteiger charge is 2.31. The molecule has 0 unspecified atom stereocenters. The van der Waals surface area contributed by atoms with E-state index >= 15 is 0 Å². The first-order valence-corrected chi connectivity index (χ1v) is 8.03. The third kappa shape index (κ3) is 3.35. The third-order valence-corrected chi connectivity index (χ3v) is 5.84. The molecule has 2 aliphatic carbocycles. The van der Waals surface area contributed by atoms with Crippen molar-refractivity contribution >= 4 is 9.28 Å². The van der Waals surface area contributed by atoms with Gasteiger partial charge in [-0.2, -0.15) is 0 Å². The van der Waals surface area contributed by atoms with Gasteiger partial charge < -0.3 is 8.85 Å². The summed E-state index contributed by atoms with van der Waals surface area (Å²) in [5.74, 6) is 0.767. The van der Waals surface area contributed by atoms with Crippen LogP contribution in [0.25, 0.3) is 0 Å². The van der Waals surface area contributed by atoms with Crippen LogP contribution >= 0.6 is 0 Å². The summed E-state index contributed by atoms with van der Waals surface area (Å²) in [5, 5.41) is 0. The van der Waals surface area contributed by atoms with Crippen molar-refractivity contribution in [2.24, 2.45) is 5.92 Å². The molecule has 1 radical (unpaired) electrons. The van der Waals surface area contributed by atoms with Crippen molar-refractivity contribution in [3.05, 3.63) is 12.3 Å². The Hall–Kier alpha value is -0.283. The van der Waals surface area contributed by atoms with Crippen LogP contribution in [0.4, 0.5) is 0 Å². The molecule has 0 amide bonds. The minimum absolute atomic E-state index is 0.711. The molecule has 0 aromatic heterocycles. The van der Waals surface area contributed by atoms with Gasteiger partial charge in [0.25, 0.3) is 0 Å². The van der Waals surface area contributed by atoms with Gasteiger partial charge in [-0.15, -0.1) is 0 Å². The van der Waals surface area contributed by atoms with Gasteiger partial charge in [0.1, 0.15) is 0 Å². The van der Waals surface area contributed by atoms with Gasteiger partial charge in [-0.25, -0.2) is 0 Å². The monoisotopic (exact) mass is 239 g/mol. The fourth-order valence-corrected chi connectivity index (χ4v) is 4.55. The third-order valence-electron chi connectivity index (χ3n) is 3.82. The van der Waals surface area contributed by atoms with Crippen molar-refractivity contribution in [1.82, 2.24) is 0 Å². The normalized spacial score (nSPS) is 23.9. The predicted molar refractivity (Wildman–Crippen MR) is 67.2 cm³/mol. The Balaban J connectivity index is 1.73. The molecule has 2 saturated carbocycles. The molecule has 0 atom stereocenters. The van der Waals surface area contributed by atoms with Crippen molar-refractivity contribution < 1.29 is 8.85 Å². The van der Waals surface area contributed by atoms with Gasteiger partial charge in [0.05, 0.1) is 6.26 Å². The highest BCUT2D eigenvalue weighted by Crippen LogP contribution is 2.33. The molecular weight excluding hydrogens is 216 g/mol. The summed E-state index contributed by atoms with van der Waals surface area (Å²) < 4.78 is 11.4. The number of hydrogen-bond acceptors (Lipinski definition) is 2. The highest BCUT2D eigenvalue weighted by atomic mass is 28.3. The molecule has 2 fully saturated rings.